The SMILES string of the molecule is CCC(Nc1c(C#N)cnc2c(Cl)cc(NC(c3cn[nH]n3)c3ccccc3F)cc12)c1ccccc1. The van der Waals surface area contributed by atoms with Gasteiger partial charge in [0.1, 0.15) is 23.6 Å². The van der Waals surface area contributed by atoms with Gasteiger partial charge in [0.15, 0.2) is 0 Å². The molecule has 0 aliphatic carbocycles. The lowest BCUT2D eigenvalue weighted by atomic mass is 10.0. The molecule has 5 aromatic rings. The molecule has 0 saturated carbocycles. The number of pyridine rings is 1. The van der Waals surface area contributed by atoms with Crippen LogP contribution in [0.5, 0.6) is 0 Å². The van der Waals surface area contributed by atoms with Gasteiger partial charge in [-0.3, -0.25) is 4.98 Å². The number of rotatable bonds is 8. The molecule has 0 fully saturated rings. The third-order valence-electron chi connectivity index (χ3n) is 6.23. The summed E-state index contributed by atoms with van der Waals surface area (Å²) < 4.78 is 14.8. The molecule has 3 N–H and O–H groups in total. The maximum absolute atomic E-state index is 14.8. The van der Waals surface area contributed by atoms with Crippen molar-refractivity contribution in [3.63, 3.8) is 0 Å². The van der Waals surface area contributed by atoms with Gasteiger partial charge in [-0.2, -0.15) is 20.7 Å². The number of nitrogens with zero attached hydrogens (tertiary/aromatic N) is 4. The summed E-state index contributed by atoms with van der Waals surface area (Å²) >= 11 is 6.68. The lowest BCUT2D eigenvalue weighted by molar-refractivity contribution is 0.602. The Hall–Kier alpha value is -4.48. The number of aromatic amines is 1. The number of hydrogen-bond donors (Lipinski definition) is 3. The topological polar surface area (TPSA) is 102 Å². The minimum absolute atomic E-state index is 0.0319. The Morgan fingerprint density at radius 2 is 1.84 bits per heavy atom. The van der Waals surface area contributed by atoms with E-state index in [0.29, 0.717) is 44.1 Å². The standard InChI is InChI=1S/C28H23ClFN7/c1-2-24(17-8-4-3-5-9-17)35-26-18(14-31)15-32-27-21(26)12-19(13-22(27)29)34-28(25-16-33-37-36-25)20-10-6-7-11-23(20)30/h3-13,15-16,24,28,34H,2H2,1H3,(H,32,35)(H,33,36,37). The van der Waals surface area contributed by atoms with E-state index < -0.39 is 6.04 Å². The van der Waals surface area contributed by atoms with Crippen LogP contribution in [0.2, 0.25) is 5.02 Å². The fourth-order valence-electron chi connectivity index (χ4n) is 4.40. The van der Waals surface area contributed by atoms with Crippen molar-refractivity contribution in [1.29, 1.82) is 5.26 Å². The van der Waals surface area contributed by atoms with Crippen LogP contribution in [0, 0.1) is 17.1 Å². The van der Waals surface area contributed by atoms with E-state index in [1.54, 1.807) is 30.5 Å². The molecule has 5 rings (SSSR count). The monoisotopic (exact) mass is 511 g/mol. The van der Waals surface area contributed by atoms with Gasteiger partial charge in [-0.1, -0.05) is 67.1 Å². The van der Waals surface area contributed by atoms with Crippen LogP contribution in [-0.2, 0) is 0 Å². The number of anilines is 2. The highest BCUT2D eigenvalue weighted by Crippen LogP contribution is 2.37. The van der Waals surface area contributed by atoms with Gasteiger partial charge in [0, 0.05) is 22.8 Å². The number of halogens is 2. The Morgan fingerprint density at radius 1 is 1.05 bits per heavy atom. The largest absolute Gasteiger partial charge is 0.377 e. The van der Waals surface area contributed by atoms with Crippen LogP contribution in [0.25, 0.3) is 10.9 Å². The van der Waals surface area contributed by atoms with E-state index in [1.807, 2.05) is 36.4 Å². The normalized spacial score (nSPS) is 12.6. The summed E-state index contributed by atoms with van der Waals surface area (Å²) in [5.41, 5.74) is 4.23. The molecule has 37 heavy (non-hydrogen) atoms. The number of benzene rings is 3. The minimum atomic E-state index is -0.635. The van der Waals surface area contributed by atoms with Gasteiger partial charge < -0.3 is 10.6 Å². The molecule has 2 unspecified atom stereocenters. The molecule has 184 valence electrons. The minimum Gasteiger partial charge on any atom is -0.377 e. The van der Waals surface area contributed by atoms with Gasteiger partial charge in [0.2, 0.25) is 0 Å². The highest BCUT2D eigenvalue weighted by atomic mass is 35.5. The number of H-pyrrole nitrogens is 1. The van der Waals surface area contributed by atoms with Gasteiger partial charge in [0.05, 0.1) is 34.0 Å². The lowest BCUT2D eigenvalue weighted by Crippen LogP contribution is -2.15. The Labute approximate surface area is 218 Å². The second-order valence-corrected chi connectivity index (χ2v) is 8.93. The number of nitriles is 1. The summed E-state index contributed by atoms with van der Waals surface area (Å²) in [6.45, 7) is 2.08. The summed E-state index contributed by atoms with van der Waals surface area (Å²) in [6, 6.07) is 21.7. The summed E-state index contributed by atoms with van der Waals surface area (Å²) in [5, 5.41) is 28.5. The molecule has 0 amide bonds. The number of aromatic nitrogens is 4. The van der Waals surface area contributed by atoms with E-state index in [0.717, 1.165) is 12.0 Å². The molecular weight excluding hydrogens is 489 g/mol. The third-order valence-corrected chi connectivity index (χ3v) is 6.52. The van der Waals surface area contributed by atoms with Gasteiger partial charge >= 0.3 is 0 Å². The number of fused-ring (bicyclic) bond motifs is 1. The van der Waals surface area contributed by atoms with Crippen molar-refractivity contribution in [3.8, 4) is 6.07 Å². The van der Waals surface area contributed by atoms with Crippen molar-refractivity contribution in [2.45, 2.75) is 25.4 Å². The van der Waals surface area contributed by atoms with Gasteiger partial charge in [0.25, 0.3) is 0 Å². The first-order valence-corrected chi connectivity index (χ1v) is 12.2. The Kier molecular flexibility index (Phi) is 6.97. The first-order chi connectivity index (χ1) is 18.1. The Bertz CT molecular complexity index is 1570. The quantitative estimate of drug-likeness (QED) is 0.212. The van der Waals surface area contributed by atoms with Crippen molar-refractivity contribution < 1.29 is 4.39 Å². The van der Waals surface area contributed by atoms with E-state index in [9.17, 15) is 9.65 Å². The average molecular weight is 512 g/mol. The molecule has 3 aromatic carbocycles. The second kappa shape index (κ2) is 10.6. The summed E-state index contributed by atoms with van der Waals surface area (Å²) in [4.78, 5) is 4.45. The van der Waals surface area contributed by atoms with Crippen molar-refractivity contribution in [2.24, 2.45) is 0 Å². The van der Waals surface area contributed by atoms with Crippen LogP contribution in [-0.4, -0.2) is 20.4 Å². The van der Waals surface area contributed by atoms with Crippen molar-refractivity contribution >= 4 is 33.9 Å². The van der Waals surface area contributed by atoms with E-state index in [4.69, 9.17) is 11.6 Å². The number of hydrogen-bond acceptors (Lipinski definition) is 6. The maximum atomic E-state index is 14.8. The zero-order valence-corrected chi connectivity index (χ0v) is 20.7. The molecule has 0 bridgehead atoms. The van der Waals surface area contributed by atoms with Crippen LogP contribution >= 0.6 is 11.6 Å². The van der Waals surface area contributed by atoms with Crippen LogP contribution in [0.4, 0.5) is 15.8 Å². The second-order valence-electron chi connectivity index (χ2n) is 8.52. The van der Waals surface area contributed by atoms with Crippen LogP contribution < -0.4 is 10.6 Å². The molecule has 2 heterocycles. The van der Waals surface area contributed by atoms with Crippen molar-refractivity contribution in [3.05, 3.63) is 112 Å². The lowest BCUT2D eigenvalue weighted by Gasteiger charge is -2.22. The molecule has 0 aliphatic rings. The maximum Gasteiger partial charge on any atom is 0.128 e. The fourth-order valence-corrected chi connectivity index (χ4v) is 4.67. The van der Waals surface area contributed by atoms with Crippen LogP contribution in [0.1, 0.15) is 47.8 Å². The smallest absolute Gasteiger partial charge is 0.128 e. The molecule has 7 nitrogen and oxygen atoms in total. The third kappa shape index (κ3) is 4.95. The molecule has 0 saturated heterocycles. The summed E-state index contributed by atoms with van der Waals surface area (Å²) in [6.07, 6.45) is 3.87. The molecule has 0 aliphatic heterocycles. The van der Waals surface area contributed by atoms with E-state index in [2.05, 4.69) is 44.0 Å². The van der Waals surface area contributed by atoms with Gasteiger partial charge in [-0.05, 0) is 30.2 Å². The summed E-state index contributed by atoms with van der Waals surface area (Å²) in [7, 11) is 0. The average Bonchev–Trinajstić information content (AvgIpc) is 3.46. The first-order valence-electron chi connectivity index (χ1n) is 11.8. The van der Waals surface area contributed by atoms with Crippen molar-refractivity contribution in [2.75, 3.05) is 10.6 Å². The van der Waals surface area contributed by atoms with E-state index >= 15 is 0 Å². The Morgan fingerprint density at radius 3 is 2.54 bits per heavy atom. The first kappa shape index (κ1) is 24.2. The zero-order chi connectivity index (χ0) is 25.8. The predicted molar refractivity (Wildman–Crippen MR) is 143 cm³/mol. The Balaban J connectivity index is 1.61. The molecule has 0 radical (unpaired) electrons. The van der Waals surface area contributed by atoms with Gasteiger partial charge in [-0.25, -0.2) is 4.39 Å². The molecule has 2 atom stereocenters. The zero-order valence-electron chi connectivity index (χ0n) is 19.9. The molecular formula is C28H23ClFN7. The molecule has 0 spiro atoms. The highest BCUT2D eigenvalue weighted by Gasteiger charge is 2.22. The molecule has 9 heteroatoms. The fraction of sp³-hybridized carbons (Fsp3) is 0.143. The van der Waals surface area contributed by atoms with E-state index in [-0.39, 0.29) is 11.9 Å². The van der Waals surface area contributed by atoms with Crippen molar-refractivity contribution in [1.82, 2.24) is 20.4 Å². The predicted octanol–water partition coefficient (Wildman–Crippen LogP) is 6.78. The molecule has 2 aromatic heterocycles. The summed E-state index contributed by atoms with van der Waals surface area (Å²) in [5.74, 6) is -0.376. The van der Waals surface area contributed by atoms with Crippen LogP contribution in [0.15, 0.2) is 79.1 Å². The number of nitrogens with one attached hydrogen (secondary N) is 3. The van der Waals surface area contributed by atoms with E-state index in [1.165, 1.54) is 12.3 Å². The highest BCUT2D eigenvalue weighted by molar-refractivity contribution is 6.35. The van der Waals surface area contributed by atoms with Crippen LogP contribution in [0.3, 0.4) is 0 Å². The van der Waals surface area contributed by atoms with Gasteiger partial charge in [-0.15, -0.1) is 0 Å².